The second-order valence-corrected chi connectivity index (χ2v) is 5.58. The van der Waals surface area contributed by atoms with E-state index in [1.807, 2.05) is 0 Å². The van der Waals surface area contributed by atoms with Gasteiger partial charge in [0.1, 0.15) is 5.03 Å². The van der Waals surface area contributed by atoms with Crippen LogP contribution in [0, 0.1) is 10.1 Å². The molecule has 0 spiro atoms. The van der Waals surface area contributed by atoms with Crippen molar-refractivity contribution in [1.82, 2.24) is 4.98 Å². The number of halogens is 1. The lowest BCUT2D eigenvalue weighted by Gasteiger charge is -2.07. The van der Waals surface area contributed by atoms with Gasteiger partial charge in [0.15, 0.2) is 0 Å². The summed E-state index contributed by atoms with van der Waals surface area (Å²) >= 11 is 6.92. The number of hydrogen-bond acceptors (Lipinski definition) is 5. The van der Waals surface area contributed by atoms with Crippen LogP contribution >= 0.6 is 23.4 Å². The standard InChI is InChI=1S/C13H11ClN2O3S/c1-8(17)9-2-4-12(11(6-9)16(18)19)20-13-5-3-10(14)7-15-13/h2-8,17H,1H3/t8-/m1/s1. The molecule has 1 N–H and O–H groups in total. The van der Waals surface area contributed by atoms with Gasteiger partial charge in [-0.2, -0.15) is 0 Å². The third-order valence-corrected chi connectivity index (χ3v) is 3.82. The van der Waals surface area contributed by atoms with Crippen LogP contribution in [0.3, 0.4) is 0 Å². The number of pyridine rings is 1. The molecule has 0 radical (unpaired) electrons. The van der Waals surface area contributed by atoms with Crippen molar-refractivity contribution >= 4 is 29.1 Å². The number of hydrogen-bond donors (Lipinski definition) is 1. The lowest BCUT2D eigenvalue weighted by atomic mass is 10.1. The van der Waals surface area contributed by atoms with Crippen molar-refractivity contribution in [1.29, 1.82) is 0 Å². The Hall–Kier alpha value is -1.63. The first kappa shape index (κ1) is 14.8. The molecule has 0 aliphatic carbocycles. The number of nitro groups is 1. The van der Waals surface area contributed by atoms with E-state index in [4.69, 9.17) is 11.6 Å². The monoisotopic (exact) mass is 310 g/mol. The average molecular weight is 311 g/mol. The Labute approximate surface area is 124 Å². The molecule has 0 saturated carbocycles. The zero-order chi connectivity index (χ0) is 14.7. The average Bonchev–Trinajstić information content (AvgIpc) is 2.41. The zero-order valence-electron chi connectivity index (χ0n) is 10.5. The Balaban J connectivity index is 2.35. The van der Waals surface area contributed by atoms with Crippen LogP contribution < -0.4 is 0 Å². The molecule has 5 nitrogen and oxygen atoms in total. The molecule has 1 atom stereocenters. The Kier molecular flexibility index (Phi) is 4.59. The number of rotatable bonds is 4. The number of nitro benzene ring substituents is 1. The molecule has 0 bridgehead atoms. The van der Waals surface area contributed by atoms with E-state index in [0.29, 0.717) is 20.5 Å². The molecule has 7 heteroatoms. The predicted molar refractivity (Wildman–Crippen MR) is 77.1 cm³/mol. The van der Waals surface area contributed by atoms with Gasteiger partial charge in [0.2, 0.25) is 0 Å². The molecule has 0 fully saturated rings. The molecule has 1 aromatic carbocycles. The van der Waals surface area contributed by atoms with Gasteiger partial charge in [-0.15, -0.1) is 0 Å². The lowest BCUT2D eigenvalue weighted by molar-refractivity contribution is -0.387. The van der Waals surface area contributed by atoms with Gasteiger partial charge >= 0.3 is 0 Å². The fraction of sp³-hybridized carbons (Fsp3) is 0.154. The maximum Gasteiger partial charge on any atom is 0.283 e. The van der Waals surface area contributed by atoms with Gasteiger partial charge in [0, 0.05) is 12.3 Å². The van der Waals surface area contributed by atoms with Gasteiger partial charge in [-0.25, -0.2) is 4.98 Å². The van der Waals surface area contributed by atoms with Crippen LogP contribution in [0.15, 0.2) is 46.5 Å². The minimum Gasteiger partial charge on any atom is -0.389 e. The third-order valence-electron chi connectivity index (χ3n) is 2.58. The van der Waals surface area contributed by atoms with Crippen LogP contribution in [-0.4, -0.2) is 15.0 Å². The van der Waals surface area contributed by atoms with Crippen molar-refractivity contribution in [3.05, 3.63) is 57.2 Å². The van der Waals surface area contributed by atoms with Crippen LogP contribution in [0.2, 0.25) is 5.02 Å². The molecule has 2 rings (SSSR count). The summed E-state index contributed by atoms with van der Waals surface area (Å²) in [5.41, 5.74) is 0.454. The van der Waals surface area contributed by atoms with Crippen molar-refractivity contribution < 1.29 is 10.0 Å². The summed E-state index contributed by atoms with van der Waals surface area (Å²) in [6.07, 6.45) is 0.737. The predicted octanol–water partition coefficient (Wildman–Crippen LogP) is 3.85. The topological polar surface area (TPSA) is 76.3 Å². The minimum absolute atomic E-state index is 0.0508. The Morgan fingerprint density at radius 1 is 1.40 bits per heavy atom. The molecule has 1 aromatic heterocycles. The fourth-order valence-corrected chi connectivity index (χ4v) is 2.51. The first-order valence-corrected chi connectivity index (χ1v) is 6.92. The summed E-state index contributed by atoms with van der Waals surface area (Å²) in [6.45, 7) is 1.56. The molecule has 104 valence electrons. The molecule has 0 saturated heterocycles. The highest BCUT2D eigenvalue weighted by molar-refractivity contribution is 7.99. The first-order chi connectivity index (χ1) is 9.47. The Morgan fingerprint density at radius 2 is 2.15 bits per heavy atom. The van der Waals surface area contributed by atoms with Crippen LogP contribution in [0.25, 0.3) is 0 Å². The molecule has 20 heavy (non-hydrogen) atoms. The van der Waals surface area contributed by atoms with E-state index in [2.05, 4.69) is 4.98 Å². The summed E-state index contributed by atoms with van der Waals surface area (Å²) in [5, 5.41) is 21.7. The number of aliphatic hydroxyl groups excluding tert-OH is 1. The second-order valence-electron chi connectivity index (χ2n) is 4.08. The highest BCUT2D eigenvalue weighted by Crippen LogP contribution is 2.35. The smallest absolute Gasteiger partial charge is 0.283 e. The molecule has 1 heterocycles. The third kappa shape index (κ3) is 3.47. The molecular weight excluding hydrogens is 300 g/mol. The van der Waals surface area contributed by atoms with Crippen molar-refractivity contribution in [2.75, 3.05) is 0 Å². The molecule has 0 aliphatic rings. The normalized spacial score (nSPS) is 12.2. The summed E-state index contributed by atoms with van der Waals surface area (Å²) in [5.74, 6) is 0. The first-order valence-electron chi connectivity index (χ1n) is 5.73. The maximum atomic E-state index is 11.1. The van der Waals surface area contributed by atoms with Crippen molar-refractivity contribution in [2.24, 2.45) is 0 Å². The fourth-order valence-electron chi connectivity index (χ4n) is 1.56. The van der Waals surface area contributed by atoms with Crippen LogP contribution in [-0.2, 0) is 0 Å². The van der Waals surface area contributed by atoms with E-state index in [1.165, 1.54) is 24.0 Å². The van der Waals surface area contributed by atoms with Gasteiger partial charge < -0.3 is 5.11 Å². The number of aromatic nitrogens is 1. The van der Waals surface area contributed by atoms with Crippen LogP contribution in [0.4, 0.5) is 5.69 Å². The summed E-state index contributed by atoms with van der Waals surface area (Å²) in [7, 11) is 0. The largest absolute Gasteiger partial charge is 0.389 e. The van der Waals surface area contributed by atoms with E-state index in [0.717, 1.165) is 0 Å². The van der Waals surface area contributed by atoms with E-state index in [1.54, 1.807) is 31.2 Å². The van der Waals surface area contributed by atoms with Gasteiger partial charge in [-0.3, -0.25) is 10.1 Å². The second kappa shape index (κ2) is 6.21. The minimum atomic E-state index is -0.749. The van der Waals surface area contributed by atoms with Gasteiger partial charge in [-0.05, 0) is 30.7 Å². The highest BCUT2D eigenvalue weighted by atomic mass is 35.5. The lowest BCUT2D eigenvalue weighted by Crippen LogP contribution is -1.96. The van der Waals surface area contributed by atoms with E-state index < -0.39 is 11.0 Å². The van der Waals surface area contributed by atoms with Crippen LogP contribution in [0.1, 0.15) is 18.6 Å². The van der Waals surface area contributed by atoms with Gasteiger partial charge in [-0.1, -0.05) is 29.4 Å². The number of nitrogens with zero attached hydrogens (tertiary/aromatic N) is 2. The van der Waals surface area contributed by atoms with Gasteiger partial charge in [0.25, 0.3) is 5.69 Å². The summed E-state index contributed by atoms with van der Waals surface area (Å²) in [6, 6.07) is 8.02. The maximum absolute atomic E-state index is 11.1. The molecule has 2 aromatic rings. The SMILES string of the molecule is C[C@@H](O)c1ccc(Sc2ccc(Cl)cn2)c([N+](=O)[O-])c1. The molecular formula is C13H11ClN2O3S. The van der Waals surface area contributed by atoms with Crippen molar-refractivity contribution in [2.45, 2.75) is 22.9 Å². The highest BCUT2D eigenvalue weighted by Gasteiger charge is 2.17. The summed E-state index contributed by atoms with van der Waals surface area (Å²) in [4.78, 5) is 15.2. The van der Waals surface area contributed by atoms with E-state index in [-0.39, 0.29) is 5.69 Å². The number of aliphatic hydroxyl groups is 1. The van der Waals surface area contributed by atoms with Crippen LogP contribution in [0.5, 0.6) is 0 Å². The zero-order valence-corrected chi connectivity index (χ0v) is 12.1. The summed E-state index contributed by atoms with van der Waals surface area (Å²) < 4.78 is 0. The van der Waals surface area contributed by atoms with E-state index >= 15 is 0 Å². The van der Waals surface area contributed by atoms with Crippen molar-refractivity contribution in [3.8, 4) is 0 Å². The number of benzene rings is 1. The van der Waals surface area contributed by atoms with Crippen molar-refractivity contribution in [3.63, 3.8) is 0 Å². The Morgan fingerprint density at radius 3 is 2.70 bits per heavy atom. The van der Waals surface area contributed by atoms with E-state index in [9.17, 15) is 15.2 Å². The molecule has 0 amide bonds. The van der Waals surface area contributed by atoms with Gasteiger partial charge in [0.05, 0.1) is 20.9 Å². The molecule has 0 unspecified atom stereocenters. The quantitative estimate of drug-likeness (QED) is 0.685. The molecule has 0 aliphatic heterocycles. The Bertz CT molecular complexity index is 632.